The predicted molar refractivity (Wildman–Crippen MR) is 108 cm³/mol. The van der Waals surface area contributed by atoms with E-state index in [0.717, 1.165) is 5.69 Å². The van der Waals surface area contributed by atoms with Gasteiger partial charge in [0.25, 0.3) is 5.43 Å². The van der Waals surface area contributed by atoms with Crippen molar-refractivity contribution in [3.8, 4) is 22.8 Å². The van der Waals surface area contributed by atoms with Crippen LogP contribution in [0, 0.1) is 0 Å². The van der Waals surface area contributed by atoms with Gasteiger partial charge in [-0.3, -0.25) is 14.3 Å². The normalized spacial score (nSPS) is 10.7. The number of nitrogens with zero attached hydrogens (tertiary/aromatic N) is 4. The topological polar surface area (TPSA) is 79.0 Å². The Labute approximate surface area is 166 Å². The Kier molecular flexibility index (Phi) is 5.03. The summed E-state index contributed by atoms with van der Waals surface area (Å²) in [4.78, 5) is 25.5. The van der Waals surface area contributed by atoms with Crippen molar-refractivity contribution >= 4 is 5.78 Å². The van der Waals surface area contributed by atoms with Crippen LogP contribution in [0.15, 0.2) is 83.9 Å². The molecule has 0 aliphatic rings. The van der Waals surface area contributed by atoms with Gasteiger partial charge in [-0.25, -0.2) is 4.68 Å². The van der Waals surface area contributed by atoms with E-state index in [4.69, 9.17) is 4.74 Å². The number of hydrogen-bond acceptors (Lipinski definition) is 5. The maximum Gasteiger partial charge on any atom is 0.251 e. The highest BCUT2D eigenvalue weighted by atomic mass is 16.5. The van der Waals surface area contributed by atoms with Crippen LogP contribution in [0.5, 0.6) is 5.75 Å². The lowest BCUT2D eigenvalue weighted by Crippen LogP contribution is -2.21. The van der Waals surface area contributed by atoms with E-state index in [0.29, 0.717) is 11.3 Å². The minimum atomic E-state index is -0.367. The SMILES string of the molecule is COc1cn(CC(=O)c2ccccc2)nc(-c2ccnn2-c2ccccc2)c1=O. The number of ether oxygens (including phenoxy) is 1. The molecule has 0 bridgehead atoms. The average Bonchev–Trinajstić information content (AvgIpc) is 3.25. The molecule has 0 aliphatic carbocycles. The van der Waals surface area contributed by atoms with E-state index >= 15 is 0 Å². The number of hydrogen-bond donors (Lipinski definition) is 0. The summed E-state index contributed by atoms with van der Waals surface area (Å²) in [6, 6.07) is 20.1. The molecule has 144 valence electrons. The number of aromatic nitrogens is 4. The second-order valence-corrected chi connectivity index (χ2v) is 6.33. The maximum atomic E-state index is 12.9. The fourth-order valence-electron chi connectivity index (χ4n) is 3.03. The van der Waals surface area contributed by atoms with Crippen LogP contribution in [0.4, 0.5) is 0 Å². The van der Waals surface area contributed by atoms with Crippen molar-refractivity contribution in [1.82, 2.24) is 19.6 Å². The Hall–Kier alpha value is -4.00. The van der Waals surface area contributed by atoms with E-state index in [2.05, 4.69) is 10.2 Å². The third kappa shape index (κ3) is 3.70. The Morgan fingerprint density at radius 2 is 1.69 bits per heavy atom. The van der Waals surface area contributed by atoms with Crippen molar-refractivity contribution in [2.24, 2.45) is 0 Å². The van der Waals surface area contributed by atoms with Crippen molar-refractivity contribution in [3.05, 3.63) is 94.9 Å². The Morgan fingerprint density at radius 1 is 1.00 bits per heavy atom. The first-order valence-corrected chi connectivity index (χ1v) is 9.01. The van der Waals surface area contributed by atoms with Crippen LogP contribution in [0.25, 0.3) is 17.1 Å². The van der Waals surface area contributed by atoms with Crippen molar-refractivity contribution in [3.63, 3.8) is 0 Å². The van der Waals surface area contributed by atoms with E-state index < -0.39 is 0 Å². The van der Waals surface area contributed by atoms with Crippen molar-refractivity contribution < 1.29 is 9.53 Å². The molecule has 0 aliphatic heterocycles. The monoisotopic (exact) mass is 386 g/mol. The molecule has 0 atom stereocenters. The largest absolute Gasteiger partial charge is 0.491 e. The molecule has 0 amide bonds. The van der Waals surface area contributed by atoms with E-state index in [1.165, 1.54) is 18.0 Å². The zero-order chi connectivity index (χ0) is 20.2. The van der Waals surface area contributed by atoms with Gasteiger partial charge in [-0.05, 0) is 18.2 Å². The fourth-order valence-corrected chi connectivity index (χ4v) is 3.03. The Bertz CT molecular complexity index is 1200. The van der Waals surface area contributed by atoms with Crippen LogP contribution in [-0.2, 0) is 6.54 Å². The van der Waals surface area contributed by atoms with Crippen molar-refractivity contribution in [2.75, 3.05) is 7.11 Å². The number of para-hydroxylation sites is 1. The van der Waals surface area contributed by atoms with Gasteiger partial charge in [0.2, 0.25) is 0 Å². The minimum absolute atomic E-state index is 0.0207. The van der Waals surface area contributed by atoms with Crippen molar-refractivity contribution in [1.29, 1.82) is 0 Å². The van der Waals surface area contributed by atoms with Crippen molar-refractivity contribution in [2.45, 2.75) is 6.54 Å². The summed E-state index contributed by atoms with van der Waals surface area (Å²) in [5.41, 5.74) is 1.67. The molecule has 2 aromatic heterocycles. The molecule has 0 unspecified atom stereocenters. The zero-order valence-corrected chi connectivity index (χ0v) is 15.7. The second kappa shape index (κ2) is 7.93. The summed E-state index contributed by atoms with van der Waals surface area (Å²) >= 11 is 0. The van der Waals surface area contributed by atoms with Gasteiger partial charge in [0.15, 0.2) is 17.2 Å². The molecule has 2 heterocycles. The third-order valence-electron chi connectivity index (χ3n) is 4.44. The summed E-state index contributed by atoms with van der Waals surface area (Å²) in [5.74, 6) is -0.0111. The number of carbonyl (C=O) groups is 1. The molecule has 4 rings (SSSR count). The highest BCUT2D eigenvalue weighted by Crippen LogP contribution is 2.19. The molecule has 0 N–H and O–H groups in total. The maximum absolute atomic E-state index is 12.9. The lowest BCUT2D eigenvalue weighted by Gasteiger charge is -2.11. The van der Waals surface area contributed by atoms with Gasteiger partial charge in [0.1, 0.15) is 6.54 Å². The fraction of sp³-hybridized carbons (Fsp3) is 0.0909. The lowest BCUT2D eigenvalue weighted by atomic mass is 10.1. The van der Waals surface area contributed by atoms with Crippen LogP contribution in [0.1, 0.15) is 10.4 Å². The van der Waals surface area contributed by atoms with Crippen LogP contribution < -0.4 is 10.2 Å². The van der Waals surface area contributed by atoms with Gasteiger partial charge in [0, 0.05) is 5.56 Å². The van der Waals surface area contributed by atoms with Gasteiger partial charge in [-0.1, -0.05) is 48.5 Å². The van der Waals surface area contributed by atoms with E-state index in [-0.39, 0.29) is 29.2 Å². The van der Waals surface area contributed by atoms with Gasteiger partial charge in [-0.15, -0.1) is 0 Å². The number of carbonyl (C=O) groups excluding carboxylic acids is 1. The average molecular weight is 386 g/mol. The minimum Gasteiger partial charge on any atom is -0.491 e. The summed E-state index contributed by atoms with van der Waals surface area (Å²) in [7, 11) is 1.42. The molecule has 7 heteroatoms. The first-order valence-electron chi connectivity index (χ1n) is 9.01. The van der Waals surface area contributed by atoms with Gasteiger partial charge in [0.05, 0.1) is 30.9 Å². The number of benzene rings is 2. The predicted octanol–water partition coefficient (Wildman–Crippen LogP) is 2.99. The molecule has 4 aromatic rings. The van der Waals surface area contributed by atoms with Crippen LogP contribution in [-0.4, -0.2) is 32.5 Å². The van der Waals surface area contributed by atoms with Gasteiger partial charge < -0.3 is 4.74 Å². The van der Waals surface area contributed by atoms with Crippen LogP contribution in [0.3, 0.4) is 0 Å². The molecular weight excluding hydrogens is 368 g/mol. The molecule has 0 saturated carbocycles. The number of ketones is 1. The number of methoxy groups -OCH3 is 1. The summed E-state index contributed by atoms with van der Waals surface area (Å²) in [6.45, 7) is -0.0207. The third-order valence-corrected chi connectivity index (χ3v) is 4.44. The molecule has 0 fully saturated rings. The first-order chi connectivity index (χ1) is 14.2. The molecular formula is C22H18N4O3. The van der Waals surface area contributed by atoms with E-state index in [9.17, 15) is 9.59 Å². The standard InChI is InChI=1S/C22H18N4O3/c1-29-20-15-25(14-19(27)16-8-4-2-5-9-16)24-21(22(20)28)18-12-13-23-26(18)17-10-6-3-7-11-17/h2-13,15H,14H2,1H3. The molecule has 0 spiro atoms. The summed E-state index contributed by atoms with van der Waals surface area (Å²) < 4.78 is 8.30. The van der Waals surface area contributed by atoms with Crippen LogP contribution >= 0.6 is 0 Å². The molecule has 2 aromatic carbocycles. The number of Topliss-reactive ketones (excluding diaryl/α,β-unsaturated/α-hetero) is 1. The quantitative estimate of drug-likeness (QED) is 0.476. The number of rotatable bonds is 6. The lowest BCUT2D eigenvalue weighted by molar-refractivity contribution is 0.0967. The van der Waals surface area contributed by atoms with E-state index in [1.807, 2.05) is 36.4 Å². The zero-order valence-electron chi connectivity index (χ0n) is 15.7. The molecule has 7 nitrogen and oxygen atoms in total. The molecule has 0 radical (unpaired) electrons. The summed E-state index contributed by atoms with van der Waals surface area (Å²) in [6.07, 6.45) is 3.04. The first kappa shape index (κ1) is 18.4. The van der Waals surface area contributed by atoms with E-state index in [1.54, 1.807) is 41.2 Å². The Morgan fingerprint density at radius 3 is 2.38 bits per heavy atom. The van der Waals surface area contributed by atoms with Gasteiger partial charge >= 0.3 is 0 Å². The highest BCUT2D eigenvalue weighted by molar-refractivity contribution is 5.95. The Balaban J connectivity index is 1.78. The smallest absolute Gasteiger partial charge is 0.251 e. The second-order valence-electron chi connectivity index (χ2n) is 6.33. The summed E-state index contributed by atoms with van der Waals surface area (Å²) in [5, 5.41) is 8.74. The van der Waals surface area contributed by atoms with Gasteiger partial charge in [-0.2, -0.15) is 10.2 Å². The molecule has 0 saturated heterocycles. The highest BCUT2D eigenvalue weighted by Gasteiger charge is 2.18. The van der Waals surface area contributed by atoms with Crippen LogP contribution in [0.2, 0.25) is 0 Å². The molecule has 29 heavy (non-hydrogen) atoms.